The van der Waals surface area contributed by atoms with Crippen molar-refractivity contribution in [2.75, 3.05) is 7.11 Å². The van der Waals surface area contributed by atoms with Gasteiger partial charge in [0.05, 0.1) is 17.6 Å². The van der Waals surface area contributed by atoms with E-state index in [0.717, 1.165) is 27.3 Å². The van der Waals surface area contributed by atoms with Crippen LogP contribution in [0.5, 0.6) is 5.75 Å². The van der Waals surface area contributed by atoms with Crippen LogP contribution in [-0.2, 0) is 0 Å². The van der Waals surface area contributed by atoms with Crippen LogP contribution in [0.2, 0.25) is 5.02 Å². The summed E-state index contributed by atoms with van der Waals surface area (Å²) >= 11 is 9.53. The largest absolute Gasteiger partial charge is 0.497 e. The van der Waals surface area contributed by atoms with Gasteiger partial charge >= 0.3 is 0 Å². The Bertz CT molecular complexity index is 754. The molecule has 0 aliphatic carbocycles. The number of hydrogen-bond acceptors (Lipinski definition) is 2. The number of pyridine rings is 1. The zero-order valence-corrected chi connectivity index (χ0v) is 12.4. The second-order valence-electron chi connectivity index (χ2n) is 4.06. The van der Waals surface area contributed by atoms with Crippen molar-refractivity contribution in [3.8, 4) is 17.1 Å². The number of benzene rings is 1. The van der Waals surface area contributed by atoms with E-state index in [1.54, 1.807) is 7.11 Å². The molecule has 0 bridgehead atoms. The molecule has 0 N–H and O–H groups in total. The molecule has 19 heavy (non-hydrogen) atoms. The molecular formula is C14H10BrClN2O. The zero-order valence-electron chi connectivity index (χ0n) is 10.1. The average molecular weight is 338 g/mol. The van der Waals surface area contributed by atoms with E-state index in [2.05, 4.69) is 20.9 Å². The second kappa shape index (κ2) is 4.87. The standard InChI is InChI=1S/C14H10BrClN2O/c1-19-11-4-2-3-9(7-11)14-17-13(15)12-6-5-10(16)8-18(12)14/h2-8H,1H3. The number of hydrogen-bond donors (Lipinski definition) is 0. The molecule has 0 saturated carbocycles. The quantitative estimate of drug-likeness (QED) is 0.692. The number of ether oxygens (including phenoxy) is 1. The van der Waals surface area contributed by atoms with Gasteiger partial charge < -0.3 is 4.74 Å². The summed E-state index contributed by atoms with van der Waals surface area (Å²) in [5, 5.41) is 0.668. The minimum absolute atomic E-state index is 0.668. The van der Waals surface area contributed by atoms with Gasteiger partial charge in [-0.15, -0.1) is 0 Å². The number of nitrogens with zero attached hydrogens (tertiary/aromatic N) is 2. The summed E-state index contributed by atoms with van der Waals surface area (Å²) < 4.78 is 8.00. The molecule has 0 atom stereocenters. The van der Waals surface area contributed by atoms with Crippen LogP contribution in [0.25, 0.3) is 16.9 Å². The minimum Gasteiger partial charge on any atom is -0.497 e. The van der Waals surface area contributed by atoms with Crippen LogP contribution in [0.1, 0.15) is 0 Å². The van der Waals surface area contributed by atoms with E-state index in [0.29, 0.717) is 5.02 Å². The van der Waals surface area contributed by atoms with Crippen LogP contribution in [0.3, 0.4) is 0 Å². The Kier molecular flexibility index (Phi) is 3.21. The molecule has 0 aliphatic rings. The number of rotatable bonds is 2. The molecule has 0 saturated heterocycles. The molecule has 0 fully saturated rings. The van der Waals surface area contributed by atoms with Crippen molar-refractivity contribution >= 4 is 33.0 Å². The van der Waals surface area contributed by atoms with Gasteiger partial charge in [-0.25, -0.2) is 4.98 Å². The molecule has 0 spiro atoms. The fourth-order valence-corrected chi connectivity index (χ4v) is 2.64. The first kappa shape index (κ1) is 12.5. The SMILES string of the molecule is COc1cccc(-c2nc(Br)c3ccc(Cl)cn23)c1. The Balaban J connectivity index is 2.26. The number of aromatic nitrogens is 2. The first-order chi connectivity index (χ1) is 9.19. The summed E-state index contributed by atoms with van der Waals surface area (Å²) in [5.74, 6) is 1.62. The highest BCUT2D eigenvalue weighted by atomic mass is 79.9. The molecule has 96 valence electrons. The lowest BCUT2D eigenvalue weighted by molar-refractivity contribution is 0.415. The highest BCUT2D eigenvalue weighted by Gasteiger charge is 2.11. The Hall–Kier alpha value is -1.52. The van der Waals surface area contributed by atoms with Gasteiger partial charge in [-0.05, 0) is 40.2 Å². The summed E-state index contributed by atoms with van der Waals surface area (Å²) in [5.41, 5.74) is 1.95. The number of halogens is 2. The summed E-state index contributed by atoms with van der Waals surface area (Å²) in [6, 6.07) is 11.6. The van der Waals surface area contributed by atoms with E-state index in [1.807, 2.05) is 47.0 Å². The maximum atomic E-state index is 6.06. The van der Waals surface area contributed by atoms with Crippen LogP contribution in [0.15, 0.2) is 47.2 Å². The monoisotopic (exact) mass is 336 g/mol. The molecule has 0 amide bonds. The summed E-state index contributed by atoms with van der Waals surface area (Å²) in [6.45, 7) is 0. The lowest BCUT2D eigenvalue weighted by Gasteiger charge is -2.04. The molecule has 3 rings (SSSR count). The van der Waals surface area contributed by atoms with Crippen molar-refractivity contribution < 1.29 is 4.74 Å². The summed E-state index contributed by atoms with van der Waals surface area (Å²) in [4.78, 5) is 4.54. The first-order valence-electron chi connectivity index (χ1n) is 5.66. The molecule has 5 heteroatoms. The van der Waals surface area contributed by atoms with Crippen molar-refractivity contribution in [3.05, 3.63) is 52.2 Å². The van der Waals surface area contributed by atoms with E-state index >= 15 is 0 Å². The predicted octanol–water partition coefficient (Wildman–Crippen LogP) is 4.43. The topological polar surface area (TPSA) is 26.5 Å². The third kappa shape index (κ3) is 2.22. The molecule has 2 heterocycles. The fourth-order valence-electron chi connectivity index (χ4n) is 1.99. The number of imidazole rings is 1. The molecule has 1 aromatic carbocycles. The van der Waals surface area contributed by atoms with Crippen LogP contribution >= 0.6 is 27.5 Å². The van der Waals surface area contributed by atoms with Gasteiger partial charge in [0.1, 0.15) is 16.2 Å². The van der Waals surface area contributed by atoms with Crippen molar-refractivity contribution in [1.29, 1.82) is 0 Å². The van der Waals surface area contributed by atoms with Crippen molar-refractivity contribution in [2.45, 2.75) is 0 Å². The molecular weight excluding hydrogens is 328 g/mol. The Labute approximate surface area is 123 Å². The third-order valence-corrected chi connectivity index (χ3v) is 3.69. The van der Waals surface area contributed by atoms with Gasteiger partial charge in [0.25, 0.3) is 0 Å². The van der Waals surface area contributed by atoms with Gasteiger partial charge in [-0.3, -0.25) is 4.40 Å². The molecule has 2 aromatic heterocycles. The lowest BCUT2D eigenvalue weighted by atomic mass is 10.2. The van der Waals surface area contributed by atoms with Crippen LogP contribution < -0.4 is 4.74 Å². The molecule has 3 nitrogen and oxygen atoms in total. The van der Waals surface area contributed by atoms with Crippen LogP contribution in [-0.4, -0.2) is 16.5 Å². The lowest BCUT2D eigenvalue weighted by Crippen LogP contribution is -1.90. The Morgan fingerprint density at radius 3 is 2.89 bits per heavy atom. The minimum atomic E-state index is 0.668. The van der Waals surface area contributed by atoms with Crippen molar-refractivity contribution in [1.82, 2.24) is 9.38 Å². The second-order valence-corrected chi connectivity index (χ2v) is 5.25. The van der Waals surface area contributed by atoms with Crippen molar-refractivity contribution in [2.24, 2.45) is 0 Å². The summed E-state index contributed by atoms with van der Waals surface area (Å²) in [7, 11) is 1.65. The van der Waals surface area contributed by atoms with Crippen molar-refractivity contribution in [3.63, 3.8) is 0 Å². The highest BCUT2D eigenvalue weighted by molar-refractivity contribution is 9.10. The third-order valence-electron chi connectivity index (χ3n) is 2.88. The zero-order chi connectivity index (χ0) is 13.4. The maximum absolute atomic E-state index is 6.06. The van der Waals surface area contributed by atoms with Gasteiger partial charge in [0, 0.05) is 11.8 Å². The van der Waals surface area contributed by atoms with E-state index < -0.39 is 0 Å². The smallest absolute Gasteiger partial charge is 0.146 e. The fraction of sp³-hybridized carbons (Fsp3) is 0.0714. The predicted molar refractivity (Wildman–Crippen MR) is 79.9 cm³/mol. The van der Waals surface area contributed by atoms with E-state index in [1.165, 1.54) is 0 Å². The Morgan fingerprint density at radius 1 is 1.26 bits per heavy atom. The Morgan fingerprint density at radius 2 is 2.11 bits per heavy atom. The maximum Gasteiger partial charge on any atom is 0.146 e. The average Bonchev–Trinajstić information content (AvgIpc) is 2.75. The van der Waals surface area contributed by atoms with Gasteiger partial charge in [0.2, 0.25) is 0 Å². The number of methoxy groups -OCH3 is 1. The highest BCUT2D eigenvalue weighted by Crippen LogP contribution is 2.29. The van der Waals surface area contributed by atoms with Crippen LogP contribution in [0.4, 0.5) is 0 Å². The molecule has 0 radical (unpaired) electrons. The molecule has 3 aromatic rings. The van der Waals surface area contributed by atoms with Crippen LogP contribution in [0, 0.1) is 0 Å². The normalized spacial score (nSPS) is 10.9. The van der Waals surface area contributed by atoms with E-state index in [9.17, 15) is 0 Å². The van der Waals surface area contributed by atoms with Gasteiger partial charge in [-0.2, -0.15) is 0 Å². The molecule has 0 unspecified atom stereocenters. The first-order valence-corrected chi connectivity index (χ1v) is 6.83. The van der Waals surface area contributed by atoms with Gasteiger partial charge in [0.15, 0.2) is 0 Å². The number of fused-ring (bicyclic) bond motifs is 1. The van der Waals surface area contributed by atoms with E-state index in [-0.39, 0.29) is 0 Å². The van der Waals surface area contributed by atoms with Gasteiger partial charge in [-0.1, -0.05) is 23.7 Å². The molecule has 0 aliphatic heterocycles. The van der Waals surface area contributed by atoms with E-state index in [4.69, 9.17) is 16.3 Å². The summed E-state index contributed by atoms with van der Waals surface area (Å²) in [6.07, 6.45) is 1.85.